The summed E-state index contributed by atoms with van der Waals surface area (Å²) in [4.78, 5) is 40.4. The van der Waals surface area contributed by atoms with Crippen LogP contribution in [0.15, 0.2) is 24.3 Å². The molecule has 0 aromatic heterocycles. The standard InChI is InChI=1S/C46H86N2O6/c1-5-9-11-13-15-17-19-21-23-25-27-29-31-33-35-37-43(50)53-41-42(49)45(46(52)47-39-40-48(7-3)8-4)54-44(51)38-36-34-32-30-28-26-24-22-20-18-16-14-12-10-6-2/h21-24,42,45,49H,5-20,25-41H2,1-4H3,(H,47,52)/b23-21-,24-22-. The highest BCUT2D eigenvalue weighted by molar-refractivity contribution is 5.84. The monoisotopic (exact) mass is 763 g/mol. The van der Waals surface area contributed by atoms with E-state index in [1.807, 2.05) is 0 Å². The lowest BCUT2D eigenvalue weighted by atomic mass is 10.1. The fraction of sp³-hybridized carbons (Fsp3) is 0.848. The van der Waals surface area contributed by atoms with E-state index in [2.05, 4.69) is 62.2 Å². The molecular weight excluding hydrogens is 677 g/mol. The van der Waals surface area contributed by atoms with Crippen molar-refractivity contribution < 1.29 is 29.0 Å². The van der Waals surface area contributed by atoms with Crippen LogP contribution in [0.25, 0.3) is 0 Å². The molecule has 8 heteroatoms. The Bertz CT molecular complexity index is 919. The van der Waals surface area contributed by atoms with Gasteiger partial charge in [-0.25, -0.2) is 0 Å². The lowest BCUT2D eigenvalue weighted by Crippen LogP contribution is -2.48. The van der Waals surface area contributed by atoms with Crippen LogP contribution in [0.2, 0.25) is 0 Å². The first-order valence-electron chi connectivity index (χ1n) is 22.7. The first-order chi connectivity index (χ1) is 26.4. The number of allylic oxidation sites excluding steroid dienone is 4. The van der Waals surface area contributed by atoms with E-state index in [1.165, 1.54) is 89.9 Å². The Morgan fingerprint density at radius 2 is 0.944 bits per heavy atom. The van der Waals surface area contributed by atoms with Crippen molar-refractivity contribution in [2.24, 2.45) is 0 Å². The number of ether oxygens (including phenoxy) is 2. The maximum Gasteiger partial charge on any atom is 0.306 e. The summed E-state index contributed by atoms with van der Waals surface area (Å²) in [7, 11) is 0. The largest absolute Gasteiger partial charge is 0.463 e. The molecule has 54 heavy (non-hydrogen) atoms. The number of rotatable bonds is 40. The van der Waals surface area contributed by atoms with Gasteiger partial charge in [0.2, 0.25) is 6.10 Å². The van der Waals surface area contributed by atoms with E-state index in [-0.39, 0.29) is 12.8 Å². The van der Waals surface area contributed by atoms with Crippen LogP contribution in [0, 0.1) is 0 Å². The first kappa shape index (κ1) is 51.8. The minimum absolute atomic E-state index is 0.184. The Labute approximate surface area is 333 Å². The van der Waals surface area contributed by atoms with Gasteiger partial charge in [-0.05, 0) is 77.3 Å². The number of aliphatic hydroxyl groups is 1. The molecule has 0 saturated heterocycles. The molecule has 0 rings (SSSR count). The highest BCUT2D eigenvalue weighted by Crippen LogP contribution is 2.13. The summed E-state index contributed by atoms with van der Waals surface area (Å²) in [6, 6.07) is 0. The van der Waals surface area contributed by atoms with Crippen molar-refractivity contribution in [3.05, 3.63) is 24.3 Å². The van der Waals surface area contributed by atoms with Gasteiger partial charge in [0.05, 0.1) is 0 Å². The fourth-order valence-corrected chi connectivity index (χ4v) is 6.50. The summed E-state index contributed by atoms with van der Waals surface area (Å²) < 4.78 is 10.8. The van der Waals surface area contributed by atoms with E-state index in [4.69, 9.17) is 9.47 Å². The van der Waals surface area contributed by atoms with E-state index < -0.39 is 36.7 Å². The van der Waals surface area contributed by atoms with Crippen LogP contribution in [0.3, 0.4) is 0 Å². The summed E-state index contributed by atoms with van der Waals surface area (Å²) in [5, 5.41) is 13.6. The van der Waals surface area contributed by atoms with Crippen LogP contribution in [-0.4, -0.2) is 72.8 Å². The van der Waals surface area contributed by atoms with Crippen molar-refractivity contribution in [1.82, 2.24) is 10.2 Å². The molecule has 0 bridgehead atoms. The van der Waals surface area contributed by atoms with Gasteiger partial charge in [-0.15, -0.1) is 0 Å². The van der Waals surface area contributed by atoms with E-state index >= 15 is 0 Å². The van der Waals surface area contributed by atoms with Gasteiger partial charge in [-0.3, -0.25) is 14.4 Å². The predicted molar refractivity (Wildman–Crippen MR) is 227 cm³/mol. The SMILES string of the molecule is CCCCCCCC/C=C\CCCCCCCC(=O)OCC(O)C(OC(=O)CCCCCCC/C=C\CCCCCCCC)C(=O)NCCN(CC)CC. The molecule has 2 unspecified atom stereocenters. The van der Waals surface area contributed by atoms with Crippen molar-refractivity contribution in [2.45, 2.75) is 220 Å². The van der Waals surface area contributed by atoms with Gasteiger partial charge < -0.3 is 24.8 Å². The fourth-order valence-electron chi connectivity index (χ4n) is 6.50. The van der Waals surface area contributed by atoms with Gasteiger partial charge in [-0.2, -0.15) is 0 Å². The van der Waals surface area contributed by atoms with Crippen molar-refractivity contribution >= 4 is 17.8 Å². The second-order valence-corrected chi connectivity index (χ2v) is 15.1. The molecule has 316 valence electrons. The maximum absolute atomic E-state index is 13.0. The van der Waals surface area contributed by atoms with Crippen LogP contribution >= 0.6 is 0 Å². The molecule has 1 amide bonds. The third-order valence-corrected chi connectivity index (χ3v) is 10.2. The van der Waals surface area contributed by atoms with Gasteiger partial charge in [0.25, 0.3) is 5.91 Å². The number of hydrogen-bond donors (Lipinski definition) is 2. The summed E-state index contributed by atoms with van der Waals surface area (Å²) >= 11 is 0. The molecule has 0 aliphatic rings. The van der Waals surface area contributed by atoms with Gasteiger partial charge in [-0.1, -0.05) is 155 Å². The smallest absolute Gasteiger partial charge is 0.306 e. The van der Waals surface area contributed by atoms with Crippen molar-refractivity contribution in [2.75, 3.05) is 32.8 Å². The summed E-state index contributed by atoms with van der Waals surface area (Å²) in [6.45, 7) is 11.0. The molecule has 0 aliphatic carbocycles. The minimum Gasteiger partial charge on any atom is -0.463 e. The number of esters is 2. The van der Waals surface area contributed by atoms with Crippen LogP contribution in [0.1, 0.15) is 207 Å². The number of unbranched alkanes of at least 4 members (excludes halogenated alkanes) is 22. The lowest BCUT2D eigenvalue weighted by Gasteiger charge is -2.23. The summed E-state index contributed by atoms with van der Waals surface area (Å²) in [5.74, 6) is -1.50. The molecule has 0 radical (unpaired) electrons. The number of amides is 1. The lowest BCUT2D eigenvalue weighted by molar-refractivity contribution is -0.168. The summed E-state index contributed by atoms with van der Waals surface area (Å²) in [5.41, 5.74) is 0. The Hall–Kier alpha value is -2.19. The second-order valence-electron chi connectivity index (χ2n) is 15.1. The van der Waals surface area contributed by atoms with Crippen LogP contribution in [0.4, 0.5) is 0 Å². The highest BCUT2D eigenvalue weighted by atomic mass is 16.6. The Morgan fingerprint density at radius 1 is 0.556 bits per heavy atom. The molecule has 2 N–H and O–H groups in total. The van der Waals surface area contributed by atoms with Gasteiger partial charge in [0.15, 0.2) is 0 Å². The third-order valence-electron chi connectivity index (χ3n) is 10.2. The minimum atomic E-state index is -1.44. The molecule has 0 heterocycles. The van der Waals surface area contributed by atoms with Crippen molar-refractivity contribution in [3.8, 4) is 0 Å². The van der Waals surface area contributed by atoms with Gasteiger partial charge >= 0.3 is 11.9 Å². The predicted octanol–water partition coefficient (Wildman–Crippen LogP) is 11.3. The van der Waals surface area contributed by atoms with E-state index in [1.54, 1.807) is 0 Å². The quantitative estimate of drug-likeness (QED) is 0.0364. The molecule has 0 aromatic rings. The number of likely N-dealkylation sites (N-methyl/N-ethyl adjacent to an activating group) is 1. The number of hydrogen-bond acceptors (Lipinski definition) is 7. The van der Waals surface area contributed by atoms with Crippen LogP contribution in [0.5, 0.6) is 0 Å². The summed E-state index contributed by atoms with van der Waals surface area (Å²) in [6.07, 6.45) is 37.4. The third kappa shape index (κ3) is 34.3. The number of nitrogens with zero attached hydrogens (tertiary/aromatic N) is 1. The Kier molecular flexibility index (Phi) is 38.8. The number of nitrogens with one attached hydrogen (secondary N) is 1. The average molecular weight is 763 g/mol. The van der Waals surface area contributed by atoms with Crippen molar-refractivity contribution in [3.63, 3.8) is 0 Å². The Morgan fingerprint density at radius 3 is 1.37 bits per heavy atom. The second kappa shape index (κ2) is 40.5. The van der Waals surface area contributed by atoms with E-state index in [0.29, 0.717) is 19.5 Å². The topological polar surface area (TPSA) is 105 Å². The van der Waals surface area contributed by atoms with Crippen LogP contribution < -0.4 is 5.32 Å². The zero-order valence-electron chi connectivity index (χ0n) is 35.7. The normalized spacial score (nSPS) is 12.9. The molecule has 0 aromatic carbocycles. The van der Waals surface area contributed by atoms with Crippen LogP contribution in [-0.2, 0) is 23.9 Å². The maximum atomic E-state index is 13.0. The van der Waals surface area contributed by atoms with Gasteiger partial charge in [0.1, 0.15) is 12.7 Å². The van der Waals surface area contributed by atoms with Crippen molar-refractivity contribution in [1.29, 1.82) is 0 Å². The number of aliphatic hydroxyl groups excluding tert-OH is 1. The molecular formula is C46H86N2O6. The molecule has 0 aliphatic heterocycles. The Balaban J connectivity index is 4.37. The number of carbonyl (C=O) groups is 3. The average Bonchev–Trinajstić information content (AvgIpc) is 3.17. The van der Waals surface area contributed by atoms with Gasteiger partial charge in [0, 0.05) is 25.9 Å². The highest BCUT2D eigenvalue weighted by Gasteiger charge is 2.31. The molecule has 8 nitrogen and oxygen atoms in total. The van der Waals surface area contributed by atoms with E-state index in [0.717, 1.165) is 83.7 Å². The van der Waals surface area contributed by atoms with E-state index in [9.17, 15) is 19.5 Å². The molecule has 2 atom stereocenters. The zero-order valence-corrected chi connectivity index (χ0v) is 35.7. The number of carbonyl (C=O) groups excluding carboxylic acids is 3. The first-order valence-corrected chi connectivity index (χ1v) is 22.7. The zero-order chi connectivity index (χ0) is 39.7. The molecule has 0 saturated carbocycles. The molecule has 0 fully saturated rings. The molecule has 0 spiro atoms.